The van der Waals surface area contributed by atoms with Crippen LogP contribution in [0.25, 0.3) is 0 Å². The quantitative estimate of drug-likeness (QED) is 0.785. The molecule has 7 heteroatoms. The normalized spacial score (nSPS) is 11.8. The molecule has 0 aliphatic heterocycles. The highest BCUT2D eigenvalue weighted by Gasteiger charge is 2.13. The second-order valence-electron chi connectivity index (χ2n) is 4.22. The zero-order valence-electron chi connectivity index (χ0n) is 11.3. The van der Waals surface area contributed by atoms with Gasteiger partial charge in [0.1, 0.15) is 5.75 Å². The third-order valence-electron chi connectivity index (χ3n) is 2.39. The Labute approximate surface area is 122 Å². The van der Waals surface area contributed by atoms with Crippen molar-refractivity contribution in [2.75, 3.05) is 20.3 Å². The Morgan fingerprint density at radius 2 is 2.15 bits per heavy atom. The Hall–Kier alpha value is -1.79. The number of methoxy groups -OCH3 is 1. The first kappa shape index (κ1) is 16.3. The van der Waals surface area contributed by atoms with E-state index in [-0.39, 0.29) is 29.9 Å². The molecule has 0 heterocycles. The lowest BCUT2D eigenvalue weighted by atomic mass is 10.2. The fourth-order valence-electron chi connectivity index (χ4n) is 1.57. The molecule has 0 saturated heterocycles. The summed E-state index contributed by atoms with van der Waals surface area (Å²) in [5, 5.41) is 3.05. The van der Waals surface area contributed by atoms with E-state index in [4.69, 9.17) is 26.8 Å². The van der Waals surface area contributed by atoms with Crippen LogP contribution in [0.1, 0.15) is 17.3 Å². The van der Waals surface area contributed by atoms with E-state index in [0.29, 0.717) is 11.6 Å². The summed E-state index contributed by atoms with van der Waals surface area (Å²) in [5.41, 5.74) is 5.35. The summed E-state index contributed by atoms with van der Waals surface area (Å²) in [6, 6.07) is 4.31. The number of benzene rings is 1. The third kappa shape index (κ3) is 5.07. The van der Waals surface area contributed by atoms with E-state index in [1.807, 2.05) is 0 Å². The molecule has 0 fully saturated rings. The minimum atomic E-state index is -0.671. The fraction of sp³-hybridized carbons (Fsp3) is 0.385. The van der Waals surface area contributed by atoms with Crippen molar-refractivity contribution in [2.24, 2.45) is 5.73 Å². The Balaban J connectivity index is 2.61. The SMILES string of the molecule is COCC(C)NC(=O)COc1ccc(Cl)cc1C(N)=O. The van der Waals surface area contributed by atoms with Gasteiger partial charge in [-0.1, -0.05) is 11.6 Å². The smallest absolute Gasteiger partial charge is 0.258 e. The Morgan fingerprint density at radius 1 is 1.45 bits per heavy atom. The number of ether oxygens (including phenoxy) is 2. The molecular weight excluding hydrogens is 284 g/mol. The minimum Gasteiger partial charge on any atom is -0.483 e. The van der Waals surface area contributed by atoms with E-state index < -0.39 is 5.91 Å². The number of nitrogens with one attached hydrogen (secondary N) is 1. The average Bonchev–Trinajstić information content (AvgIpc) is 2.37. The van der Waals surface area contributed by atoms with Gasteiger partial charge in [0.25, 0.3) is 11.8 Å². The molecule has 0 aliphatic carbocycles. The molecule has 1 atom stereocenters. The number of hydrogen-bond acceptors (Lipinski definition) is 4. The molecule has 0 aliphatic rings. The summed E-state index contributed by atoms with van der Waals surface area (Å²) < 4.78 is 10.2. The van der Waals surface area contributed by atoms with Crippen molar-refractivity contribution >= 4 is 23.4 Å². The molecule has 0 bridgehead atoms. The van der Waals surface area contributed by atoms with Crippen LogP contribution in [0.3, 0.4) is 0 Å². The number of rotatable bonds is 7. The van der Waals surface area contributed by atoms with Crippen LogP contribution >= 0.6 is 11.6 Å². The molecule has 2 amide bonds. The van der Waals surface area contributed by atoms with Crippen molar-refractivity contribution in [1.29, 1.82) is 0 Å². The predicted octanol–water partition coefficient (Wildman–Crippen LogP) is 0.969. The maximum Gasteiger partial charge on any atom is 0.258 e. The summed E-state index contributed by atoms with van der Waals surface area (Å²) in [6.45, 7) is 1.98. The first-order chi connectivity index (χ1) is 9.43. The van der Waals surface area contributed by atoms with Crippen molar-refractivity contribution in [2.45, 2.75) is 13.0 Å². The van der Waals surface area contributed by atoms with Crippen LogP contribution < -0.4 is 15.8 Å². The zero-order chi connectivity index (χ0) is 15.1. The standard InChI is InChI=1S/C13H17ClN2O4/c1-8(6-19-2)16-12(17)7-20-11-4-3-9(14)5-10(11)13(15)18/h3-5,8H,6-7H2,1-2H3,(H2,15,18)(H,16,17). The van der Waals surface area contributed by atoms with Gasteiger partial charge in [-0.25, -0.2) is 0 Å². The van der Waals surface area contributed by atoms with Crippen molar-refractivity contribution in [1.82, 2.24) is 5.32 Å². The van der Waals surface area contributed by atoms with Crippen LogP contribution in [0.2, 0.25) is 5.02 Å². The number of halogens is 1. The van der Waals surface area contributed by atoms with Gasteiger partial charge < -0.3 is 20.5 Å². The van der Waals surface area contributed by atoms with Crippen LogP contribution in [0.5, 0.6) is 5.75 Å². The van der Waals surface area contributed by atoms with Gasteiger partial charge in [-0.3, -0.25) is 9.59 Å². The van der Waals surface area contributed by atoms with E-state index in [1.165, 1.54) is 12.1 Å². The highest BCUT2D eigenvalue weighted by atomic mass is 35.5. The van der Waals surface area contributed by atoms with Crippen molar-refractivity contribution in [3.63, 3.8) is 0 Å². The summed E-state index contributed by atoms with van der Waals surface area (Å²) in [4.78, 5) is 22.9. The van der Waals surface area contributed by atoms with Crippen LogP contribution in [0, 0.1) is 0 Å². The molecule has 0 saturated carbocycles. The lowest BCUT2D eigenvalue weighted by Gasteiger charge is -2.14. The van der Waals surface area contributed by atoms with Crippen LogP contribution in [-0.4, -0.2) is 38.2 Å². The molecule has 3 N–H and O–H groups in total. The molecule has 20 heavy (non-hydrogen) atoms. The van der Waals surface area contributed by atoms with Gasteiger partial charge in [-0.05, 0) is 25.1 Å². The molecule has 1 unspecified atom stereocenters. The molecule has 110 valence electrons. The third-order valence-corrected chi connectivity index (χ3v) is 2.62. The van der Waals surface area contributed by atoms with Crippen LogP contribution in [0.15, 0.2) is 18.2 Å². The lowest BCUT2D eigenvalue weighted by molar-refractivity contribution is -0.124. The van der Waals surface area contributed by atoms with Gasteiger partial charge in [-0.2, -0.15) is 0 Å². The number of carbonyl (C=O) groups is 2. The largest absolute Gasteiger partial charge is 0.483 e. The number of amides is 2. The Kier molecular flexibility index (Phi) is 6.27. The molecule has 0 aromatic heterocycles. The Bertz CT molecular complexity index is 493. The second-order valence-corrected chi connectivity index (χ2v) is 4.65. The molecule has 1 rings (SSSR count). The molecule has 1 aromatic rings. The van der Waals surface area contributed by atoms with E-state index >= 15 is 0 Å². The highest BCUT2D eigenvalue weighted by molar-refractivity contribution is 6.31. The summed E-state index contributed by atoms with van der Waals surface area (Å²) in [5.74, 6) is -0.771. The number of primary amides is 1. The minimum absolute atomic E-state index is 0.128. The number of carbonyl (C=O) groups excluding carboxylic acids is 2. The maximum atomic E-state index is 11.6. The van der Waals surface area contributed by atoms with Crippen LogP contribution in [-0.2, 0) is 9.53 Å². The summed E-state index contributed by atoms with van der Waals surface area (Å²) in [7, 11) is 1.55. The fourth-order valence-corrected chi connectivity index (χ4v) is 1.74. The van der Waals surface area contributed by atoms with E-state index in [1.54, 1.807) is 20.1 Å². The molecule has 0 spiro atoms. The van der Waals surface area contributed by atoms with Gasteiger partial charge in [0.05, 0.1) is 12.2 Å². The maximum absolute atomic E-state index is 11.6. The highest BCUT2D eigenvalue weighted by Crippen LogP contribution is 2.22. The molecular formula is C13H17ClN2O4. The van der Waals surface area contributed by atoms with Gasteiger partial charge in [0.2, 0.25) is 0 Å². The molecule has 6 nitrogen and oxygen atoms in total. The van der Waals surface area contributed by atoms with Gasteiger partial charge in [0, 0.05) is 18.2 Å². The first-order valence-electron chi connectivity index (χ1n) is 5.94. The monoisotopic (exact) mass is 300 g/mol. The number of hydrogen-bond donors (Lipinski definition) is 2. The van der Waals surface area contributed by atoms with E-state index in [0.717, 1.165) is 0 Å². The van der Waals surface area contributed by atoms with Gasteiger partial charge in [-0.15, -0.1) is 0 Å². The topological polar surface area (TPSA) is 90.7 Å². The lowest BCUT2D eigenvalue weighted by Crippen LogP contribution is -2.38. The van der Waals surface area contributed by atoms with E-state index in [2.05, 4.69) is 5.32 Å². The van der Waals surface area contributed by atoms with Crippen molar-refractivity contribution in [3.05, 3.63) is 28.8 Å². The molecule has 1 aromatic carbocycles. The summed E-state index contributed by atoms with van der Waals surface area (Å²) in [6.07, 6.45) is 0. The van der Waals surface area contributed by atoms with E-state index in [9.17, 15) is 9.59 Å². The zero-order valence-corrected chi connectivity index (χ0v) is 12.1. The van der Waals surface area contributed by atoms with Crippen molar-refractivity contribution in [3.8, 4) is 5.75 Å². The predicted molar refractivity (Wildman–Crippen MR) is 74.9 cm³/mol. The van der Waals surface area contributed by atoms with Crippen LogP contribution in [0.4, 0.5) is 0 Å². The summed E-state index contributed by atoms with van der Waals surface area (Å²) >= 11 is 5.77. The van der Waals surface area contributed by atoms with Crippen molar-refractivity contribution < 1.29 is 19.1 Å². The second kappa shape index (κ2) is 7.72. The van der Waals surface area contributed by atoms with Gasteiger partial charge in [0.15, 0.2) is 6.61 Å². The Morgan fingerprint density at radius 3 is 2.75 bits per heavy atom. The number of nitrogens with two attached hydrogens (primary N) is 1. The first-order valence-corrected chi connectivity index (χ1v) is 6.32. The average molecular weight is 301 g/mol. The van der Waals surface area contributed by atoms with Gasteiger partial charge >= 0.3 is 0 Å². The molecule has 0 radical (unpaired) electrons.